The standard InChI is InChI=1S/C21H29N3O3/c1-15(2)13-20(26)23-9-4-10-24(12-11-23)21(27)17-5-7-18-16(14-17)6-8-19(25)22(18)3/h5,7,14-15H,4,6,8-13H2,1-3H3. The molecule has 0 aromatic heterocycles. The molecule has 6 nitrogen and oxygen atoms in total. The number of aryl methyl sites for hydroxylation is 1. The maximum Gasteiger partial charge on any atom is 0.253 e. The number of amides is 3. The summed E-state index contributed by atoms with van der Waals surface area (Å²) in [7, 11) is 1.78. The predicted octanol–water partition coefficient (Wildman–Crippen LogP) is 2.32. The highest BCUT2D eigenvalue weighted by molar-refractivity contribution is 5.99. The Hall–Kier alpha value is -2.37. The van der Waals surface area contributed by atoms with E-state index in [0.29, 0.717) is 56.9 Å². The highest BCUT2D eigenvalue weighted by Gasteiger charge is 2.25. The molecule has 0 spiro atoms. The average molecular weight is 371 g/mol. The first-order valence-electron chi connectivity index (χ1n) is 9.83. The molecule has 1 fully saturated rings. The highest BCUT2D eigenvalue weighted by Crippen LogP contribution is 2.28. The van der Waals surface area contributed by atoms with Crippen LogP contribution in [0.4, 0.5) is 5.69 Å². The summed E-state index contributed by atoms with van der Waals surface area (Å²) in [6.07, 6.45) is 2.53. The number of carbonyl (C=O) groups excluding carboxylic acids is 3. The molecule has 1 saturated heterocycles. The van der Waals surface area contributed by atoms with Gasteiger partial charge in [-0.2, -0.15) is 0 Å². The average Bonchev–Trinajstić information content (AvgIpc) is 2.89. The van der Waals surface area contributed by atoms with E-state index in [2.05, 4.69) is 0 Å². The molecule has 2 aliphatic rings. The molecular formula is C21H29N3O3. The quantitative estimate of drug-likeness (QED) is 0.819. The van der Waals surface area contributed by atoms with Gasteiger partial charge in [-0.3, -0.25) is 14.4 Å². The molecule has 6 heteroatoms. The number of benzene rings is 1. The minimum atomic E-state index is 0.00973. The van der Waals surface area contributed by atoms with Crippen LogP contribution in [0.25, 0.3) is 0 Å². The largest absolute Gasteiger partial charge is 0.341 e. The zero-order valence-corrected chi connectivity index (χ0v) is 16.5. The maximum absolute atomic E-state index is 13.0. The summed E-state index contributed by atoms with van der Waals surface area (Å²) < 4.78 is 0. The van der Waals surface area contributed by atoms with Crippen molar-refractivity contribution in [1.82, 2.24) is 9.80 Å². The van der Waals surface area contributed by atoms with E-state index >= 15 is 0 Å². The maximum atomic E-state index is 13.0. The molecule has 0 radical (unpaired) electrons. The summed E-state index contributed by atoms with van der Waals surface area (Å²) in [5.74, 6) is 0.649. The number of anilines is 1. The fourth-order valence-corrected chi connectivity index (χ4v) is 3.82. The van der Waals surface area contributed by atoms with Gasteiger partial charge in [0.1, 0.15) is 0 Å². The monoisotopic (exact) mass is 371 g/mol. The van der Waals surface area contributed by atoms with Gasteiger partial charge in [0, 0.05) is 57.3 Å². The van der Waals surface area contributed by atoms with Crippen LogP contribution in [0.2, 0.25) is 0 Å². The number of carbonyl (C=O) groups is 3. The predicted molar refractivity (Wildman–Crippen MR) is 105 cm³/mol. The third-order valence-corrected chi connectivity index (χ3v) is 5.39. The molecule has 27 heavy (non-hydrogen) atoms. The molecule has 0 saturated carbocycles. The van der Waals surface area contributed by atoms with Crippen molar-refractivity contribution in [3.8, 4) is 0 Å². The van der Waals surface area contributed by atoms with E-state index in [-0.39, 0.29) is 17.7 Å². The van der Waals surface area contributed by atoms with Crippen LogP contribution in [0.15, 0.2) is 18.2 Å². The lowest BCUT2D eigenvalue weighted by atomic mass is 9.98. The third kappa shape index (κ3) is 4.31. The van der Waals surface area contributed by atoms with Gasteiger partial charge < -0.3 is 14.7 Å². The number of hydrogen-bond acceptors (Lipinski definition) is 3. The van der Waals surface area contributed by atoms with Crippen LogP contribution in [-0.2, 0) is 16.0 Å². The number of nitrogens with zero attached hydrogens (tertiary/aromatic N) is 3. The minimum Gasteiger partial charge on any atom is -0.341 e. The first-order valence-corrected chi connectivity index (χ1v) is 9.83. The Kier molecular flexibility index (Phi) is 5.82. The van der Waals surface area contributed by atoms with E-state index in [1.807, 2.05) is 41.8 Å². The highest BCUT2D eigenvalue weighted by atomic mass is 16.2. The first kappa shape index (κ1) is 19.4. The molecule has 1 aromatic carbocycles. The van der Waals surface area contributed by atoms with Crippen LogP contribution < -0.4 is 4.90 Å². The van der Waals surface area contributed by atoms with Gasteiger partial charge in [-0.15, -0.1) is 0 Å². The second kappa shape index (κ2) is 8.11. The normalized spacial score (nSPS) is 17.8. The van der Waals surface area contributed by atoms with E-state index < -0.39 is 0 Å². The Balaban J connectivity index is 1.68. The number of rotatable bonds is 3. The smallest absolute Gasteiger partial charge is 0.253 e. The SMILES string of the molecule is CC(C)CC(=O)N1CCCN(C(=O)c2ccc3c(c2)CCC(=O)N3C)CC1. The van der Waals surface area contributed by atoms with Crippen molar-refractivity contribution in [2.45, 2.75) is 39.5 Å². The minimum absolute atomic E-state index is 0.00973. The van der Waals surface area contributed by atoms with Gasteiger partial charge in [0.25, 0.3) is 5.91 Å². The summed E-state index contributed by atoms with van der Waals surface area (Å²) in [5.41, 5.74) is 2.61. The topological polar surface area (TPSA) is 60.9 Å². The molecule has 2 aliphatic heterocycles. The van der Waals surface area contributed by atoms with Crippen LogP contribution in [0.1, 0.15) is 49.0 Å². The molecule has 3 rings (SSSR count). The fraction of sp³-hybridized carbons (Fsp3) is 0.571. The number of hydrogen-bond donors (Lipinski definition) is 0. The molecule has 0 bridgehead atoms. The second-order valence-corrected chi connectivity index (χ2v) is 7.92. The summed E-state index contributed by atoms with van der Waals surface area (Å²) >= 11 is 0. The van der Waals surface area contributed by atoms with Crippen molar-refractivity contribution < 1.29 is 14.4 Å². The Labute approximate surface area is 161 Å². The zero-order chi connectivity index (χ0) is 19.6. The Morgan fingerprint density at radius 3 is 2.48 bits per heavy atom. The molecule has 0 N–H and O–H groups in total. The summed E-state index contributed by atoms with van der Waals surface area (Å²) in [4.78, 5) is 42.5. The van der Waals surface area contributed by atoms with Crippen LogP contribution in [0, 0.1) is 5.92 Å². The van der Waals surface area contributed by atoms with Crippen LogP contribution in [-0.4, -0.2) is 60.7 Å². The van der Waals surface area contributed by atoms with E-state index in [1.165, 1.54) is 0 Å². The molecule has 146 valence electrons. The number of fused-ring (bicyclic) bond motifs is 1. The molecule has 3 amide bonds. The van der Waals surface area contributed by atoms with Gasteiger partial charge >= 0.3 is 0 Å². The van der Waals surface area contributed by atoms with Gasteiger partial charge in [0.05, 0.1) is 0 Å². The molecule has 0 atom stereocenters. The van der Waals surface area contributed by atoms with Crippen LogP contribution in [0.5, 0.6) is 0 Å². The van der Waals surface area contributed by atoms with Gasteiger partial charge in [0.2, 0.25) is 11.8 Å². The van der Waals surface area contributed by atoms with Crippen LogP contribution in [0.3, 0.4) is 0 Å². The van der Waals surface area contributed by atoms with E-state index in [0.717, 1.165) is 17.7 Å². The van der Waals surface area contributed by atoms with E-state index in [1.54, 1.807) is 11.9 Å². The van der Waals surface area contributed by atoms with E-state index in [4.69, 9.17) is 0 Å². The Morgan fingerprint density at radius 1 is 1.04 bits per heavy atom. The van der Waals surface area contributed by atoms with Crippen molar-refractivity contribution in [2.24, 2.45) is 5.92 Å². The van der Waals surface area contributed by atoms with Crippen molar-refractivity contribution >= 4 is 23.4 Å². The molecular weight excluding hydrogens is 342 g/mol. The van der Waals surface area contributed by atoms with Crippen molar-refractivity contribution in [3.05, 3.63) is 29.3 Å². The van der Waals surface area contributed by atoms with E-state index in [9.17, 15) is 14.4 Å². The van der Waals surface area contributed by atoms with Gasteiger partial charge in [-0.25, -0.2) is 0 Å². The van der Waals surface area contributed by atoms with Gasteiger partial charge in [-0.1, -0.05) is 13.8 Å². The Morgan fingerprint density at radius 2 is 1.74 bits per heavy atom. The molecule has 0 aliphatic carbocycles. The first-order chi connectivity index (χ1) is 12.9. The third-order valence-electron chi connectivity index (χ3n) is 5.39. The summed E-state index contributed by atoms with van der Waals surface area (Å²) in [6.45, 7) is 6.64. The summed E-state index contributed by atoms with van der Waals surface area (Å²) in [6, 6.07) is 5.60. The molecule has 2 heterocycles. The van der Waals surface area contributed by atoms with Crippen molar-refractivity contribution in [1.29, 1.82) is 0 Å². The molecule has 1 aromatic rings. The summed E-state index contributed by atoms with van der Waals surface area (Å²) in [5, 5.41) is 0. The lowest BCUT2D eigenvalue weighted by Crippen LogP contribution is -2.37. The van der Waals surface area contributed by atoms with Gasteiger partial charge in [0.15, 0.2) is 0 Å². The van der Waals surface area contributed by atoms with Gasteiger partial charge in [-0.05, 0) is 42.5 Å². The lowest BCUT2D eigenvalue weighted by Gasteiger charge is -2.27. The fourth-order valence-electron chi connectivity index (χ4n) is 3.82. The zero-order valence-electron chi connectivity index (χ0n) is 16.5. The second-order valence-electron chi connectivity index (χ2n) is 7.92. The van der Waals surface area contributed by atoms with Crippen molar-refractivity contribution in [2.75, 3.05) is 38.1 Å². The molecule has 0 unspecified atom stereocenters. The lowest BCUT2D eigenvalue weighted by molar-refractivity contribution is -0.131. The van der Waals surface area contributed by atoms with Crippen LogP contribution >= 0.6 is 0 Å². The Bertz CT molecular complexity index is 744. The van der Waals surface area contributed by atoms with Crippen molar-refractivity contribution in [3.63, 3.8) is 0 Å².